The average Bonchev–Trinajstić information content (AvgIpc) is 2.58. The molecule has 118 valence electrons. The van der Waals surface area contributed by atoms with E-state index in [1.54, 1.807) is 0 Å². The second-order valence-corrected chi connectivity index (χ2v) is 6.77. The number of benzene rings is 1. The number of aryl methyl sites for hydroxylation is 1. The maximum absolute atomic E-state index is 3.35. The molecule has 2 heteroatoms. The van der Waals surface area contributed by atoms with Crippen molar-refractivity contribution < 1.29 is 0 Å². The molecule has 2 nitrogen and oxygen atoms in total. The van der Waals surface area contributed by atoms with Crippen LogP contribution in [0.25, 0.3) is 0 Å². The molecule has 3 rings (SSSR count). The lowest BCUT2D eigenvalue weighted by atomic mass is 10.00. The quantitative estimate of drug-likeness (QED) is 0.773. The Morgan fingerprint density at radius 3 is 2.32 bits per heavy atom. The van der Waals surface area contributed by atoms with Gasteiger partial charge in [-0.2, -0.15) is 0 Å². The predicted octanol–water partition coefficient (Wildman–Crippen LogP) is 3.30. The zero-order chi connectivity index (χ0) is 15.2. The van der Waals surface area contributed by atoms with Crippen LogP contribution in [0.5, 0.6) is 0 Å². The van der Waals surface area contributed by atoms with Crippen LogP contribution in [0.15, 0.2) is 24.3 Å². The van der Waals surface area contributed by atoms with E-state index in [1.807, 2.05) is 0 Å². The predicted molar refractivity (Wildman–Crippen MR) is 92.9 cm³/mol. The van der Waals surface area contributed by atoms with E-state index >= 15 is 0 Å². The first-order valence-electron chi connectivity index (χ1n) is 8.83. The summed E-state index contributed by atoms with van der Waals surface area (Å²) in [6.45, 7) is 8.12. The maximum atomic E-state index is 3.35. The van der Waals surface area contributed by atoms with Gasteiger partial charge in [-0.05, 0) is 57.8 Å². The van der Waals surface area contributed by atoms with Crippen molar-refractivity contribution in [1.82, 2.24) is 9.80 Å². The smallest absolute Gasteiger partial charge is 0.0605 e. The third-order valence-corrected chi connectivity index (χ3v) is 5.05. The summed E-state index contributed by atoms with van der Waals surface area (Å²) in [4.78, 5) is 5.25. The molecule has 2 aliphatic rings. The Balaban J connectivity index is 1.43. The standard InChI is InChI=1S/C20H28N2/c1-18-7-9-19(10-8-18)6-5-13-21-16-11-20(12-17-21)22-14-3-2-4-15-22/h7-10,20H,2-4,11-17H2,1H3. The van der Waals surface area contributed by atoms with Crippen molar-refractivity contribution in [2.24, 2.45) is 0 Å². The Morgan fingerprint density at radius 2 is 1.64 bits per heavy atom. The first-order valence-corrected chi connectivity index (χ1v) is 8.83. The van der Waals surface area contributed by atoms with Crippen molar-refractivity contribution in [3.8, 4) is 11.8 Å². The van der Waals surface area contributed by atoms with E-state index in [2.05, 4.69) is 52.8 Å². The highest BCUT2D eigenvalue weighted by Gasteiger charge is 2.24. The molecular weight excluding hydrogens is 268 g/mol. The van der Waals surface area contributed by atoms with Crippen LogP contribution in [-0.2, 0) is 0 Å². The van der Waals surface area contributed by atoms with Crippen LogP contribution in [0.1, 0.15) is 43.2 Å². The van der Waals surface area contributed by atoms with Gasteiger partial charge >= 0.3 is 0 Å². The number of likely N-dealkylation sites (tertiary alicyclic amines) is 2. The molecule has 0 aromatic heterocycles. The van der Waals surface area contributed by atoms with Crippen molar-refractivity contribution in [3.63, 3.8) is 0 Å². The molecule has 1 aromatic rings. The summed E-state index contributed by atoms with van der Waals surface area (Å²) >= 11 is 0. The van der Waals surface area contributed by atoms with Gasteiger partial charge in [0.25, 0.3) is 0 Å². The van der Waals surface area contributed by atoms with Gasteiger partial charge < -0.3 is 4.90 Å². The second kappa shape index (κ2) is 7.81. The normalized spacial score (nSPS) is 21.3. The van der Waals surface area contributed by atoms with E-state index in [-0.39, 0.29) is 0 Å². The summed E-state index contributed by atoms with van der Waals surface area (Å²) in [6, 6.07) is 9.33. The van der Waals surface area contributed by atoms with E-state index in [1.165, 1.54) is 63.8 Å². The Labute approximate surface area is 135 Å². The number of piperidine rings is 2. The number of nitrogens with zero attached hydrogens (tertiary/aromatic N) is 2. The lowest BCUT2D eigenvalue weighted by Gasteiger charge is -2.39. The van der Waals surface area contributed by atoms with Crippen LogP contribution in [0, 0.1) is 18.8 Å². The molecule has 0 spiro atoms. The number of hydrogen-bond acceptors (Lipinski definition) is 2. The number of hydrogen-bond donors (Lipinski definition) is 0. The SMILES string of the molecule is Cc1ccc(C#CCN2CCC(N3CCCCC3)CC2)cc1. The Kier molecular flexibility index (Phi) is 5.53. The van der Waals surface area contributed by atoms with Crippen LogP contribution < -0.4 is 0 Å². The van der Waals surface area contributed by atoms with Crippen LogP contribution in [0.3, 0.4) is 0 Å². The van der Waals surface area contributed by atoms with E-state index in [0.29, 0.717) is 0 Å². The molecule has 0 atom stereocenters. The van der Waals surface area contributed by atoms with Crippen molar-refractivity contribution in [2.75, 3.05) is 32.7 Å². The minimum atomic E-state index is 0.835. The largest absolute Gasteiger partial charge is 0.300 e. The summed E-state index contributed by atoms with van der Waals surface area (Å²) in [5.41, 5.74) is 2.43. The molecule has 0 aliphatic carbocycles. The molecule has 22 heavy (non-hydrogen) atoms. The van der Waals surface area contributed by atoms with Gasteiger partial charge in [-0.25, -0.2) is 0 Å². The van der Waals surface area contributed by atoms with E-state index in [9.17, 15) is 0 Å². The summed E-state index contributed by atoms with van der Waals surface area (Å²) in [7, 11) is 0. The van der Waals surface area contributed by atoms with Gasteiger partial charge in [-0.15, -0.1) is 0 Å². The Morgan fingerprint density at radius 1 is 0.955 bits per heavy atom. The van der Waals surface area contributed by atoms with E-state index < -0.39 is 0 Å². The molecule has 0 bridgehead atoms. The maximum Gasteiger partial charge on any atom is 0.0605 e. The van der Waals surface area contributed by atoms with E-state index in [0.717, 1.165) is 18.2 Å². The van der Waals surface area contributed by atoms with Crippen LogP contribution >= 0.6 is 0 Å². The van der Waals surface area contributed by atoms with Gasteiger partial charge in [-0.3, -0.25) is 4.90 Å². The lowest BCUT2D eigenvalue weighted by molar-refractivity contribution is 0.0982. The highest BCUT2D eigenvalue weighted by molar-refractivity contribution is 5.36. The Hall–Kier alpha value is -1.30. The first-order chi connectivity index (χ1) is 10.8. The topological polar surface area (TPSA) is 6.48 Å². The van der Waals surface area contributed by atoms with Gasteiger partial charge in [0.15, 0.2) is 0 Å². The third kappa shape index (κ3) is 4.35. The van der Waals surface area contributed by atoms with Crippen LogP contribution in [0.4, 0.5) is 0 Å². The summed E-state index contributed by atoms with van der Waals surface area (Å²) < 4.78 is 0. The zero-order valence-electron chi connectivity index (χ0n) is 13.9. The highest BCUT2D eigenvalue weighted by Crippen LogP contribution is 2.20. The molecule has 1 aromatic carbocycles. The van der Waals surface area contributed by atoms with Crippen molar-refractivity contribution >= 4 is 0 Å². The Bertz CT molecular complexity index is 509. The second-order valence-electron chi connectivity index (χ2n) is 6.77. The first kappa shape index (κ1) is 15.6. The van der Waals surface area contributed by atoms with Crippen molar-refractivity contribution in [2.45, 2.75) is 45.1 Å². The lowest BCUT2D eigenvalue weighted by Crippen LogP contribution is -2.46. The monoisotopic (exact) mass is 296 g/mol. The molecule has 2 aliphatic heterocycles. The van der Waals surface area contributed by atoms with Gasteiger partial charge in [0, 0.05) is 24.7 Å². The molecule has 2 saturated heterocycles. The zero-order valence-corrected chi connectivity index (χ0v) is 13.9. The van der Waals surface area contributed by atoms with Gasteiger partial charge in [0.1, 0.15) is 0 Å². The summed E-state index contributed by atoms with van der Waals surface area (Å²) in [5.74, 6) is 6.64. The average molecular weight is 296 g/mol. The number of rotatable bonds is 2. The fraction of sp³-hybridized carbons (Fsp3) is 0.600. The van der Waals surface area contributed by atoms with Crippen LogP contribution in [-0.4, -0.2) is 48.6 Å². The molecule has 2 fully saturated rings. The van der Waals surface area contributed by atoms with Gasteiger partial charge in [-0.1, -0.05) is 36.0 Å². The van der Waals surface area contributed by atoms with Gasteiger partial charge in [0.05, 0.1) is 6.54 Å². The van der Waals surface area contributed by atoms with Crippen molar-refractivity contribution in [1.29, 1.82) is 0 Å². The molecule has 0 N–H and O–H groups in total. The summed E-state index contributed by atoms with van der Waals surface area (Å²) in [6.07, 6.45) is 6.90. The fourth-order valence-electron chi connectivity index (χ4n) is 3.62. The minimum absolute atomic E-state index is 0.835. The van der Waals surface area contributed by atoms with E-state index in [4.69, 9.17) is 0 Å². The molecule has 0 unspecified atom stereocenters. The minimum Gasteiger partial charge on any atom is -0.300 e. The molecule has 2 heterocycles. The van der Waals surface area contributed by atoms with Gasteiger partial charge in [0.2, 0.25) is 0 Å². The molecule has 0 amide bonds. The summed E-state index contributed by atoms with van der Waals surface area (Å²) in [5, 5.41) is 0. The third-order valence-electron chi connectivity index (χ3n) is 5.05. The van der Waals surface area contributed by atoms with Crippen LogP contribution in [0.2, 0.25) is 0 Å². The molecule has 0 saturated carbocycles. The highest BCUT2D eigenvalue weighted by atomic mass is 15.2. The van der Waals surface area contributed by atoms with Crippen molar-refractivity contribution in [3.05, 3.63) is 35.4 Å². The fourth-order valence-corrected chi connectivity index (χ4v) is 3.62. The molecular formula is C20H28N2. The molecule has 0 radical (unpaired) electrons.